The Kier molecular flexibility index (Phi) is 3.68. The molecule has 0 aromatic heterocycles. The molecule has 0 atom stereocenters. The Morgan fingerprint density at radius 2 is 1.84 bits per heavy atom. The van der Waals surface area contributed by atoms with E-state index in [2.05, 4.69) is 47.4 Å². The summed E-state index contributed by atoms with van der Waals surface area (Å²) < 4.78 is 0. The van der Waals surface area contributed by atoms with Crippen LogP contribution in [0.5, 0.6) is 0 Å². The van der Waals surface area contributed by atoms with Crippen LogP contribution in [0.2, 0.25) is 0 Å². The van der Waals surface area contributed by atoms with Crippen molar-refractivity contribution >= 4 is 22.1 Å². The summed E-state index contributed by atoms with van der Waals surface area (Å²) in [5.41, 5.74) is 5.37. The van der Waals surface area contributed by atoms with E-state index in [0.29, 0.717) is 0 Å². The van der Waals surface area contributed by atoms with Gasteiger partial charge in [-0.15, -0.1) is 0 Å². The fraction of sp³-hybridized carbons (Fsp3) is 0.238. The molecule has 0 saturated heterocycles. The van der Waals surface area contributed by atoms with Gasteiger partial charge < -0.3 is 4.90 Å². The van der Waals surface area contributed by atoms with E-state index in [1.54, 1.807) is 0 Å². The topological polar surface area (TPSA) is 46.4 Å². The molecule has 1 aliphatic heterocycles. The first-order chi connectivity index (χ1) is 12.0. The lowest BCUT2D eigenvalue weighted by Gasteiger charge is -2.21. The standard InChI is InChI=1S/C21H20N2O2/c1-14-11-20-19(15(2)21(14)23(24)25)9-10-22(20)13-16-7-8-17-5-3-4-6-18(17)12-16/h3-8,11-12H,9-10,13H2,1-2H3. The molecular formula is C21H20N2O2. The van der Waals surface area contributed by atoms with Crippen LogP contribution in [0.25, 0.3) is 10.8 Å². The molecule has 3 aromatic carbocycles. The minimum atomic E-state index is -0.253. The molecule has 0 aliphatic carbocycles. The predicted molar refractivity (Wildman–Crippen MR) is 101 cm³/mol. The zero-order valence-electron chi connectivity index (χ0n) is 14.5. The van der Waals surface area contributed by atoms with Crippen LogP contribution in [-0.2, 0) is 13.0 Å². The average Bonchev–Trinajstić information content (AvgIpc) is 2.97. The average molecular weight is 332 g/mol. The second-order valence-corrected chi connectivity index (χ2v) is 6.77. The van der Waals surface area contributed by atoms with Gasteiger partial charge in [0.25, 0.3) is 5.69 Å². The molecule has 4 rings (SSSR count). The van der Waals surface area contributed by atoms with Crippen LogP contribution in [0.4, 0.5) is 11.4 Å². The third-order valence-corrected chi connectivity index (χ3v) is 5.19. The number of rotatable bonds is 3. The third kappa shape index (κ3) is 2.64. The number of nitro groups is 1. The summed E-state index contributed by atoms with van der Waals surface area (Å²) in [4.78, 5) is 13.4. The van der Waals surface area contributed by atoms with Crippen molar-refractivity contribution in [2.24, 2.45) is 0 Å². The molecule has 0 saturated carbocycles. The van der Waals surface area contributed by atoms with Gasteiger partial charge in [0, 0.05) is 29.9 Å². The maximum absolute atomic E-state index is 11.3. The number of benzene rings is 3. The van der Waals surface area contributed by atoms with Crippen LogP contribution < -0.4 is 4.90 Å². The quantitative estimate of drug-likeness (QED) is 0.505. The maximum atomic E-state index is 11.3. The van der Waals surface area contributed by atoms with Gasteiger partial charge in [-0.1, -0.05) is 36.4 Å². The molecular weight excluding hydrogens is 312 g/mol. The Balaban J connectivity index is 1.69. The van der Waals surface area contributed by atoms with Gasteiger partial charge in [-0.05, 0) is 54.3 Å². The molecule has 1 aliphatic rings. The SMILES string of the molecule is Cc1cc2c(c(C)c1[N+](=O)[O-])CCN2Cc1ccc2ccccc2c1. The summed E-state index contributed by atoms with van der Waals surface area (Å²) in [6, 6.07) is 16.9. The van der Waals surface area contributed by atoms with Crippen molar-refractivity contribution in [2.75, 3.05) is 11.4 Å². The summed E-state index contributed by atoms with van der Waals surface area (Å²) >= 11 is 0. The van der Waals surface area contributed by atoms with Gasteiger partial charge in [0.05, 0.1) is 4.92 Å². The van der Waals surface area contributed by atoms with Crippen molar-refractivity contribution in [2.45, 2.75) is 26.8 Å². The Hall–Kier alpha value is -2.88. The van der Waals surface area contributed by atoms with Crippen LogP contribution in [0.1, 0.15) is 22.3 Å². The smallest absolute Gasteiger partial charge is 0.275 e. The Morgan fingerprint density at radius 3 is 2.60 bits per heavy atom. The van der Waals surface area contributed by atoms with E-state index >= 15 is 0 Å². The highest BCUT2D eigenvalue weighted by Crippen LogP contribution is 2.38. The lowest BCUT2D eigenvalue weighted by Crippen LogP contribution is -2.19. The van der Waals surface area contributed by atoms with E-state index in [0.717, 1.165) is 41.9 Å². The molecule has 4 heteroatoms. The lowest BCUT2D eigenvalue weighted by atomic mass is 10.0. The van der Waals surface area contributed by atoms with E-state index in [1.807, 2.05) is 19.9 Å². The molecule has 0 fully saturated rings. The van der Waals surface area contributed by atoms with Crippen molar-refractivity contribution in [3.8, 4) is 0 Å². The molecule has 0 amide bonds. The van der Waals surface area contributed by atoms with Gasteiger partial charge in [-0.3, -0.25) is 10.1 Å². The van der Waals surface area contributed by atoms with Crippen molar-refractivity contribution < 1.29 is 4.92 Å². The fourth-order valence-corrected chi connectivity index (χ4v) is 3.96. The molecule has 0 bridgehead atoms. The number of aryl methyl sites for hydroxylation is 1. The first-order valence-corrected chi connectivity index (χ1v) is 8.54. The summed E-state index contributed by atoms with van der Waals surface area (Å²) in [5.74, 6) is 0. The Labute approximate surface area is 146 Å². The van der Waals surface area contributed by atoms with Gasteiger partial charge in [0.1, 0.15) is 0 Å². The largest absolute Gasteiger partial charge is 0.367 e. The first kappa shape index (κ1) is 15.6. The van der Waals surface area contributed by atoms with Gasteiger partial charge in [0.2, 0.25) is 0 Å². The highest BCUT2D eigenvalue weighted by atomic mass is 16.6. The second kappa shape index (κ2) is 5.88. The van der Waals surface area contributed by atoms with Gasteiger partial charge >= 0.3 is 0 Å². The van der Waals surface area contributed by atoms with Crippen molar-refractivity contribution in [1.82, 2.24) is 0 Å². The van der Waals surface area contributed by atoms with Crippen molar-refractivity contribution in [3.05, 3.63) is 80.9 Å². The van der Waals surface area contributed by atoms with Crippen LogP contribution in [0.15, 0.2) is 48.5 Å². The number of hydrogen-bond donors (Lipinski definition) is 0. The fourth-order valence-electron chi connectivity index (χ4n) is 3.96. The minimum Gasteiger partial charge on any atom is -0.367 e. The summed E-state index contributed by atoms with van der Waals surface area (Å²) in [5, 5.41) is 13.8. The molecule has 4 nitrogen and oxygen atoms in total. The predicted octanol–water partition coefficient (Wildman–Crippen LogP) is 4.93. The van der Waals surface area contributed by atoms with Gasteiger partial charge in [-0.25, -0.2) is 0 Å². The summed E-state index contributed by atoms with van der Waals surface area (Å²) in [7, 11) is 0. The van der Waals surface area contributed by atoms with E-state index in [9.17, 15) is 10.1 Å². The molecule has 0 radical (unpaired) electrons. The van der Waals surface area contributed by atoms with Gasteiger partial charge in [-0.2, -0.15) is 0 Å². The highest BCUT2D eigenvalue weighted by Gasteiger charge is 2.27. The Bertz CT molecular complexity index is 995. The zero-order valence-corrected chi connectivity index (χ0v) is 14.5. The summed E-state index contributed by atoms with van der Waals surface area (Å²) in [6.45, 7) is 5.44. The van der Waals surface area contributed by atoms with Crippen LogP contribution >= 0.6 is 0 Å². The molecule has 0 N–H and O–H groups in total. The molecule has 126 valence electrons. The minimum absolute atomic E-state index is 0.253. The number of hydrogen-bond acceptors (Lipinski definition) is 3. The highest BCUT2D eigenvalue weighted by molar-refractivity contribution is 5.83. The molecule has 25 heavy (non-hydrogen) atoms. The number of fused-ring (bicyclic) bond motifs is 2. The number of nitro benzene ring substituents is 1. The molecule has 3 aromatic rings. The van der Waals surface area contributed by atoms with Crippen LogP contribution in [0.3, 0.4) is 0 Å². The number of anilines is 1. The molecule has 0 unspecified atom stereocenters. The zero-order chi connectivity index (χ0) is 17.6. The van der Waals surface area contributed by atoms with E-state index < -0.39 is 0 Å². The Morgan fingerprint density at radius 1 is 1.08 bits per heavy atom. The summed E-state index contributed by atoms with van der Waals surface area (Å²) in [6.07, 6.45) is 0.871. The van der Waals surface area contributed by atoms with Crippen LogP contribution in [0, 0.1) is 24.0 Å². The maximum Gasteiger partial charge on any atom is 0.275 e. The first-order valence-electron chi connectivity index (χ1n) is 8.54. The van der Waals surface area contributed by atoms with E-state index in [1.165, 1.54) is 16.3 Å². The van der Waals surface area contributed by atoms with E-state index in [4.69, 9.17) is 0 Å². The van der Waals surface area contributed by atoms with Crippen molar-refractivity contribution in [3.63, 3.8) is 0 Å². The molecule has 1 heterocycles. The van der Waals surface area contributed by atoms with Gasteiger partial charge in [0.15, 0.2) is 0 Å². The second-order valence-electron chi connectivity index (χ2n) is 6.77. The number of nitrogens with zero attached hydrogens (tertiary/aromatic N) is 2. The lowest BCUT2D eigenvalue weighted by molar-refractivity contribution is -0.386. The third-order valence-electron chi connectivity index (χ3n) is 5.19. The van der Waals surface area contributed by atoms with Crippen LogP contribution in [-0.4, -0.2) is 11.5 Å². The molecule has 0 spiro atoms. The van der Waals surface area contributed by atoms with E-state index in [-0.39, 0.29) is 10.6 Å². The normalized spacial score (nSPS) is 13.3. The van der Waals surface area contributed by atoms with Crippen molar-refractivity contribution in [1.29, 1.82) is 0 Å². The monoisotopic (exact) mass is 332 g/mol.